The van der Waals surface area contributed by atoms with E-state index < -0.39 is 0 Å². The van der Waals surface area contributed by atoms with Gasteiger partial charge in [-0.25, -0.2) is 4.98 Å². The van der Waals surface area contributed by atoms with Crippen LogP contribution in [0.25, 0.3) is 0 Å². The van der Waals surface area contributed by atoms with Crippen molar-refractivity contribution in [3.63, 3.8) is 0 Å². The zero-order chi connectivity index (χ0) is 22.5. The Morgan fingerprint density at radius 1 is 1.06 bits per heavy atom. The van der Waals surface area contributed by atoms with Gasteiger partial charge in [-0.2, -0.15) is 0 Å². The van der Waals surface area contributed by atoms with Crippen LogP contribution in [0.3, 0.4) is 0 Å². The van der Waals surface area contributed by atoms with Crippen molar-refractivity contribution in [3.8, 4) is 0 Å². The fourth-order valence-electron chi connectivity index (χ4n) is 4.51. The van der Waals surface area contributed by atoms with E-state index >= 15 is 0 Å². The number of rotatable bonds is 6. The van der Waals surface area contributed by atoms with Gasteiger partial charge in [-0.3, -0.25) is 19.4 Å². The van der Waals surface area contributed by atoms with E-state index in [-0.39, 0.29) is 17.7 Å². The first-order chi connectivity index (χ1) is 15.5. The molecule has 1 N–H and O–H groups in total. The van der Waals surface area contributed by atoms with Gasteiger partial charge in [0.15, 0.2) is 5.13 Å². The lowest BCUT2D eigenvalue weighted by molar-refractivity contribution is -0.139. The molecule has 8 heteroatoms. The van der Waals surface area contributed by atoms with Crippen molar-refractivity contribution in [2.24, 2.45) is 5.92 Å². The van der Waals surface area contributed by atoms with E-state index in [4.69, 9.17) is 0 Å². The maximum atomic E-state index is 13.2. The lowest BCUT2D eigenvalue weighted by Gasteiger charge is -2.39. The van der Waals surface area contributed by atoms with Crippen molar-refractivity contribution in [3.05, 3.63) is 46.5 Å². The molecule has 1 aromatic heterocycles. The summed E-state index contributed by atoms with van der Waals surface area (Å²) in [6.07, 6.45) is 1.86. The Labute approximate surface area is 194 Å². The number of aryl methyl sites for hydroxylation is 2. The van der Waals surface area contributed by atoms with Crippen LogP contribution in [0, 0.1) is 19.8 Å². The number of piperidine rings is 1. The summed E-state index contributed by atoms with van der Waals surface area (Å²) in [6.45, 7) is 10.1. The number of carbonyl (C=O) groups is 2. The third-order valence-electron chi connectivity index (χ3n) is 6.43. The number of thiazole rings is 1. The molecular weight excluding hydrogens is 422 g/mol. The summed E-state index contributed by atoms with van der Waals surface area (Å²) in [7, 11) is 0. The van der Waals surface area contributed by atoms with Gasteiger partial charge in [0, 0.05) is 44.1 Å². The van der Waals surface area contributed by atoms with Gasteiger partial charge in [0.25, 0.3) is 0 Å². The third-order valence-corrected chi connectivity index (χ3v) is 7.42. The number of carbonyl (C=O) groups excluding carboxylic acids is 2. The molecule has 172 valence electrons. The summed E-state index contributed by atoms with van der Waals surface area (Å²) in [4.78, 5) is 37.7. The number of aromatic nitrogens is 1. The standard InChI is InChI=1S/C24H33N5O2S/c1-18-19(2)32-24(25-18)26-22(30)17-28-10-6-9-21(16-28)23(31)29-13-11-27(12-14-29)15-20-7-4-3-5-8-20/h3-5,7-8,21H,6,9-17H2,1-2H3,(H,25,26,30). The van der Waals surface area contributed by atoms with Crippen LogP contribution in [0.1, 0.15) is 29.0 Å². The van der Waals surface area contributed by atoms with Gasteiger partial charge in [-0.1, -0.05) is 30.3 Å². The predicted octanol–water partition coefficient (Wildman–Crippen LogP) is 2.75. The number of anilines is 1. The van der Waals surface area contributed by atoms with Crippen LogP contribution in [-0.4, -0.2) is 77.3 Å². The van der Waals surface area contributed by atoms with Crippen molar-refractivity contribution in [1.29, 1.82) is 0 Å². The van der Waals surface area contributed by atoms with Crippen LogP contribution < -0.4 is 5.32 Å². The summed E-state index contributed by atoms with van der Waals surface area (Å²) in [5, 5.41) is 3.56. The normalized spacial score (nSPS) is 20.3. The Bertz CT molecular complexity index is 904. The predicted molar refractivity (Wildman–Crippen MR) is 128 cm³/mol. The fourth-order valence-corrected chi connectivity index (χ4v) is 5.35. The molecule has 1 atom stereocenters. The van der Waals surface area contributed by atoms with Gasteiger partial charge in [-0.05, 0) is 38.8 Å². The number of piperazine rings is 1. The van der Waals surface area contributed by atoms with Gasteiger partial charge in [0.1, 0.15) is 0 Å². The second kappa shape index (κ2) is 10.6. The van der Waals surface area contributed by atoms with E-state index in [0.29, 0.717) is 18.2 Å². The van der Waals surface area contributed by atoms with Crippen molar-refractivity contribution in [2.75, 3.05) is 51.1 Å². The largest absolute Gasteiger partial charge is 0.340 e. The van der Waals surface area contributed by atoms with E-state index in [9.17, 15) is 9.59 Å². The minimum atomic E-state index is -0.0543. The number of benzene rings is 1. The molecule has 3 heterocycles. The van der Waals surface area contributed by atoms with Crippen molar-refractivity contribution in [1.82, 2.24) is 19.7 Å². The minimum Gasteiger partial charge on any atom is -0.340 e. The minimum absolute atomic E-state index is 0.0124. The second-order valence-corrected chi connectivity index (χ2v) is 10.1. The molecular formula is C24H33N5O2S. The highest BCUT2D eigenvalue weighted by Gasteiger charge is 2.31. The summed E-state index contributed by atoms with van der Waals surface area (Å²) < 4.78 is 0. The lowest BCUT2D eigenvalue weighted by Crippen LogP contribution is -2.52. The fraction of sp³-hybridized carbons (Fsp3) is 0.542. The smallest absolute Gasteiger partial charge is 0.240 e. The van der Waals surface area contributed by atoms with Crippen LogP contribution >= 0.6 is 11.3 Å². The summed E-state index contributed by atoms with van der Waals surface area (Å²) in [6, 6.07) is 10.5. The third kappa shape index (κ3) is 5.94. The molecule has 0 bridgehead atoms. The van der Waals surface area contributed by atoms with Crippen LogP contribution in [0.15, 0.2) is 30.3 Å². The number of amides is 2. The number of likely N-dealkylation sites (tertiary alicyclic amines) is 1. The monoisotopic (exact) mass is 455 g/mol. The molecule has 2 aliphatic rings. The Hall–Kier alpha value is -2.29. The van der Waals surface area contributed by atoms with E-state index in [1.165, 1.54) is 16.9 Å². The molecule has 4 rings (SSSR count). The SMILES string of the molecule is Cc1nc(NC(=O)CN2CCCC(C(=O)N3CCN(Cc4ccccc4)CC3)C2)sc1C. The number of hydrogen-bond donors (Lipinski definition) is 1. The molecule has 2 fully saturated rings. The van der Waals surface area contributed by atoms with E-state index in [2.05, 4.69) is 44.4 Å². The molecule has 0 radical (unpaired) electrons. The highest BCUT2D eigenvalue weighted by atomic mass is 32.1. The molecule has 2 aliphatic heterocycles. The average Bonchev–Trinajstić information content (AvgIpc) is 3.11. The van der Waals surface area contributed by atoms with Crippen LogP contribution in [0.5, 0.6) is 0 Å². The Balaban J connectivity index is 1.23. The van der Waals surface area contributed by atoms with Crippen LogP contribution in [-0.2, 0) is 16.1 Å². The first-order valence-corrected chi connectivity index (χ1v) is 12.3. The van der Waals surface area contributed by atoms with Gasteiger partial charge in [-0.15, -0.1) is 11.3 Å². The summed E-state index contributed by atoms with van der Waals surface area (Å²) in [5.74, 6) is 0.184. The zero-order valence-corrected chi connectivity index (χ0v) is 19.9. The van der Waals surface area contributed by atoms with Crippen LogP contribution in [0.4, 0.5) is 5.13 Å². The van der Waals surface area contributed by atoms with Gasteiger partial charge in [0.05, 0.1) is 18.2 Å². The Morgan fingerprint density at radius 3 is 2.50 bits per heavy atom. The molecule has 0 aliphatic carbocycles. The first kappa shape index (κ1) is 22.9. The quantitative estimate of drug-likeness (QED) is 0.725. The maximum Gasteiger partial charge on any atom is 0.240 e. The Morgan fingerprint density at radius 2 is 1.81 bits per heavy atom. The molecule has 1 aromatic carbocycles. The molecule has 2 saturated heterocycles. The molecule has 1 unspecified atom stereocenters. The van der Waals surface area contributed by atoms with Gasteiger partial charge >= 0.3 is 0 Å². The van der Waals surface area contributed by atoms with Crippen LogP contribution in [0.2, 0.25) is 0 Å². The molecule has 32 heavy (non-hydrogen) atoms. The molecule has 2 amide bonds. The number of hydrogen-bond acceptors (Lipinski definition) is 6. The van der Waals surface area contributed by atoms with E-state index in [1.807, 2.05) is 24.8 Å². The van der Waals surface area contributed by atoms with E-state index in [0.717, 1.165) is 62.7 Å². The molecule has 0 saturated carbocycles. The molecule has 2 aromatic rings. The number of nitrogens with zero attached hydrogens (tertiary/aromatic N) is 4. The zero-order valence-electron chi connectivity index (χ0n) is 19.0. The first-order valence-electron chi connectivity index (χ1n) is 11.5. The number of nitrogens with one attached hydrogen (secondary N) is 1. The molecule has 0 spiro atoms. The van der Waals surface area contributed by atoms with E-state index in [1.54, 1.807) is 0 Å². The van der Waals surface area contributed by atoms with Crippen molar-refractivity contribution in [2.45, 2.75) is 33.2 Å². The maximum absolute atomic E-state index is 13.2. The lowest BCUT2D eigenvalue weighted by atomic mass is 9.96. The van der Waals surface area contributed by atoms with Crippen molar-refractivity contribution >= 4 is 28.3 Å². The average molecular weight is 456 g/mol. The molecule has 7 nitrogen and oxygen atoms in total. The van der Waals surface area contributed by atoms with Crippen molar-refractivity contribution < 1.29 is 9.59 Å². The summed E-state index contributed by atoms with van der Waals surface area (Å²) in [5.41, 5.74) is 2.27. The highest BCUT2D eigenvalue weighted by Crippen LogP contribution is 2.22. The van der Waals surface area contributed by atoms with Gasteiger partial charge in [0.2, 0.25) is 11.8 Å². The second-order valence-electron chi connectivity index (χ2n) is 8.87. The highest BCUT2D eigenvalue weighted by molar-refractivity contribution is 7.15. The topological polar surface area (TPSA) is 68.8 Å². The summed E-state index contributed by atoms with van der Waals surface area (Å²) >= 11 is 1.50. The Kier molecular flexibility index (Phi) is 7.55. The van der Waals surface area contributed by atoms with Gasteiger partial charge < -0.3 is 10.2 Å².